The number of hydrogen-bond acceptors (Lipinski definition) is 3. The molecule has 2 aliphatic heterocycles. The third-order valence-electron chi connectivity index (χ3n) is 7.21. The van der Waals surface area contributed by atoms with Crippen LogP contribution in [0.15, 0.2) is 48.8 Å². The molecule has 2 fully saturated rings. The molecule has 0 spiro atoms. The van der Waals surface area contributed by atoms with Crippen LogP contribution in [0.1, 0.15) is 42.9 Å². The van der Waals surface area contributed by atoms with Crippen molar-refractivity contribution in [2.45, 2.75) is 44.2 Å². The maximum absolute atomic E-state index is 2.76. The number of likely N-dealkylation sites (tertiary alicyclic amines) is 1. The third kappa shape index (κ3) is 2.84. The summed E-state index contributed by atoms with van der Waals surface area (Å²) in [6.07, 6.45) is 11.4. The van der Waals surface area contributed by atoms with E-state index >= 15 is 0 Å². The van der Waals surface area contributed by atoms with E-state index in [-0.39, 0.29) is 0 Å². The second-order valence-electron chi connectivity index (χ2n) is 9.02. The van der Waals surface area contributed by atoms with Crippen molar-refractivity contribution in [3.8, 4) is 0 Å². The smallest absolute Gasteiger partial charge is 0.0896 e. The Hall–Kier alpha value is -2.00. The quantitative estimate of drug-likeness (QED) is 0.803. The molecule has 140 valence electrons. The number of benzene rings is 2. The summed E-state index contributed by atoms with van der Waals surface area (Å²) < 4.78 is 0. The Bertz CT molecular complexity index is 871. The van der Waals surface area contributed by atoms with Crippen LogP contribution < -0.4 is 0 Å². The van der Waals surface area contributed by atoms with Crippen molar-refractivity contribution in [3.05, 3.63) is 59.9 Å². The van der Waals surface area contributed by atoms with Gasteiger partial charge in [-0.3, -0.25) is 4.90 Å². The van der Waals surface area contributed by atoms with Crippen LogP contribution in [0, 0.1) is 5.92 Å². The molecule has 27 heavy (non-hydrogen) atoms. The molecule has 0 unspecified atom stereocenters. The van der Waals surface area contributed by atoms with E-state index in [0.29, 0.717) is 6.04 Å². The van der Waals surface area contributed by atoms with E-state index < -0.39 is 0 Å². The highest BCUT2D eigenvalue weighted by molar-refractivity contribution is 5.91. The summed E-state index contributed by atoms with van der Waals surface area (Å²) in [5.74, 6) is 0.975. The maximum atomic E-state index is 2.76. The highest BCUT2D eigenvalue weighted by Crippen LogP contribution is 2.41. The molecular formula is C24H29N3. The van der Waals surface area contributed by atoms with E-state index in [9.17, 15) is 0 Å². The van der Waals surface area contributed by atoms with Crippen molar-refractivity contribution < 1.29 is 0 Å². The molecule has 1 saturated heterocycles. The average molecular weight is 360 g/mol. The zero-order valence-electron chi connectivity index (χ0n) is 16.1. The van der Waals surface area contributed by atoms with Gasteiger partial charge in [0.25, 0.3) is 0 Å². The summed E-state index contributed by atoms with van der Waals surface area (Å²) in [6, 6.07) is 15.0. The fourth-order valence-electron chi connectivity index (χ4n) is 5.54. The van der Waals surface area contributed by atoms with E-state index in [1.54, 1.807) is 11.1 Å². The molecule has 2 aromatic carbocycles. The minimum absolute atomic E-state index is 0.590. The topological polar surface area (TPSA) is 9.72 Å². The van der Waals surface area contributed by atoms with Gasteiger partial charge in [-0.25, -0.2) is 0 Å². The molecular weight excluding hydrogens is 330 g/mol. The molecule has 3 heteroatoms. The minimum atomic E-state index is 0.590. The number of hydrogen-bond donors (Lipinski definition) is 0. The van der Waals surface area contributed by atoms with Crippen LogP contribution in [0.5, 0.6) is 0 Å². The van der Waals surface area contributed by atoms with Crippen LogP contribution in [0.3, 0.4) is 0 Å². The summed E-state index contributed by atoms with van der Waals surface area (Å²) >= 11 is 0. The largest absolute Gasteiger partial charge is 0.358 e. The van der Waals surface area contributed by atoms with Crippen LogP contribution in [0.4, 0.5) is 0 Å². The zero-order valence-corrected chi connectivity index (χ0v) is 16.1. The lowest BCUT2D eigenvalue weighted by Crippen LogP contribution is -2.45. The first-order valence-corrected chi connectivity index (χ1v) is 10.8. The van der Waals surface area contributed by atoms with Crippen LogP contribution >= 0.6 is 0 Å². The Kier molecular flexibility index (Phi) is 3.72. The standard InChI is InChI=1S/C24H29N3/c1-3-19-4-2-6-22-23(15-20(5-1)24(19)22)26-11-9-21(10-12-26)27-14-13-25(17-27)16-18-7-8-18/h1-6,13-14,18,21,23H,7-12,15-17H2/t23-/m1/s1. The van der Waals surface area contributed by atoms with Gasteiger partial charge in [0.1, 0.15) is 0 Å². The molecule has 2 aromatic rings. The van der Waals surface area contributed by atoms with E-state index in [4.69, 9.17) is 0 Å². The van der Waals surface area contributed by atoms with E-state index in [1.165, 1.54) is 62.5 Å². The molecule has 0 N–H and O–H groups in total. The van der Waals surface area contributed by atoms with Gasteiger partial charge >= 0.3 is 0 Å². The molecule has 0 amide bonds. The van der Waals surface area contributed by atoms with Crippen molar-refractivity contribution in [2.24, 2.45) is 5.92 Å². The van der Waals surface area contributed by atoms with Gasteiger partial charge in [-0.05, 0) is 59.9 Å². The molecule has 0 bridgehead atoms. The molecule has 6 rings (SSSR count). The lowest BCUT2D eigenvalue weighted by atomic mass is 9.99. The minimum Gasteiger partial charge on any atom is -0.358 e. The van der Waals surface area contributed by atoms with Gasteiger partial charge in [0.15, 0.2) is 0 Å². The van der Waals surface area contributed by atoms with Crippen molar-refractivity contribution in [2.75, 3.05) is 26.3 Å². The predicted molar refractivity (Wildman–Crippen MR) is 110 cm³/mol. The summed E-state index contributed by atoms with van der Waals surface area (Å²) in [4.78, 5) is 7.88. The molecule has 0 radical (unpaired) electrons. The monoisotopic (exact) mass is 359 g/mol. The Morgan fingerprint density at radius 3 is 2.52 bits per heavy atom. The highest BCUT2D eigenvalue weighted by Gasteiger charge is 2.34. The van der Waals surface area contributed by atoms with Crippen LogP contribution in [0.25, 0.3) is 10.8 Å². The van der Waals surface area contributed by atoms with Crippen LogP contribution in [-0.4, -0.2) is 47.0 Å². The summed E-state index contributed by atoms with van der Waals surface area (Å²) in [5.41, 5.74) is 3.12. The lowest BCUT2D eigenvalue weighted by molar-refractivity contribution is 0.0969. The van der Waals surface area contributed by atoms with Crippen molar-refractivity contribution in [3.63, 3.8) is 0 Å². The van der Waals surface area contributed by atoms with Gasteiger partial charge in [-0.1, -0.05) is 36.4 Å². The number of piperidine rings is 1. The molecule has 2 heterocycles. The molecule has 2 aliphatic carbocycles. The number of nitrogens with zero attached hydrogens (tertiary/aromatic N) is 3. The molecule has 1 atom stereocenters. The van der Waals surface area contributed by atoms with Crippen molar-refractivity contribution in [1.29, 1.82) is 0 Å². The van der Waals surface area contributed by atoms with Gasteiger partial charge < -0.3 is 9.80 Å². The van der Waals surface area contributed by atoms with Gasteiger partial charge in [0.05, 0.1) is 6.67 Å². The van der Waals surface area contributed by atoms with Gasteiger partial charge in [0, 0.05) is 44.1 Å². The summed E-state index contributed by atoms with van der Waals surface area (Å²) in [6.45, 7) is 4.85. The Balaban J connectivity index is 1.12. The Labute approximate surface area is 162 Å². The molecule has 3 nitrogen and oxygen atoms in total. The fourth-order valence-corrected chi connectivity index (χ4v) is 5.54. The zero-order chi connectivity index (χ0) is 17.8. The second kappa shape index (κ2) is 6.27. The summed E-state index contributed by atoms with van der Waals surface area (Å²) in [7, 11) is 0. The lowest BCUT2D eigenvalue weighted by Gasteiger charge is -2.40. The summed E-state index contributed by atoms with van der Waals surface area (Å²) in [5, 5.41) is 2.95. The normalized spacial score (nSPS) is 25.9. The van der Waals surface area contributed by atoms with Gasteiger partial charge in [-0.15, -0.1) is 0 Å². The van der Waals surface area contributed by atoms with Crippen molar-refractivity contribution >= 4 is 10.8 Å². The number of rotatable bonds is 4. The first-order chi connectivity index (χ1) is 13.3. The molecule has 4 aliphatic rings. The fraction of sp³-hybridized carbons (Fsp3) is 0.500. The molecule has 0 aromatic heterocycles. The first-order valence-electron chi connectivity index (χ1n) is 10.8. The van der Waals surface area contributed by atoms with Crippen LogP contribution in [-0.2, 0) is 6.42 Å². The van der Waals surface area contributed by atoms with Crippen LogP contribution in [0.2, 0.25) is 0 Å². The van der Waals surface area contributed by atoms with E-state index in [1.807, 2.05) is 0 Å². The third-order valence-corrected chi connectivity index (χ3v) is 7.21. The highest BCUT2D eigenvalue weighted by atomic mass is 15.4. The second-order valence-corrected chi connectivity index (χ2v) is 9.02. The maximum Gasteiger partial charge on any atom is 0.0896 e. The Morgan fingerprint density at radius 1 is 0.889 bits per heavy atom. The van der Waals surface area contributed by atoms with E-state index in [2.05, 4.69) is 63.5 Å². The first kappa shape index (κ1) is 16.0. The SMILES string of the molecule is C1=CN(C2CCN([C@@H]3Cc4cccc5cccc3c45)CC2)CN1CC1CC1. The average Bonchev–Trinajstić information content (AvgIpc) is 3.26. The van der Waals surface area contributed by atoms with Crippen molar-refractivity contribution in [1.82, 2.24) is 14.7 Å². The molecule has 1 saturated carbocycles. The van der Waals surface area contributed by atoms with Gasteiger partial charge in [0.2, 0.25) is 0 Å². The Morgan fingerprint density at radius 2 is 1.70 bits per heavy atom. The van der Waals surface area contributed by atoms with Gasteiger partial charge in [-0.2, -0.15) is 0 Å². The van der Waals surface area contributed by atoms with E-state index in [0.717, 1.165) is 18.6 Å². The predicted octanol–water partition coefficient (Wildman–Crippen LogP) is 4.36.